The summed E-state index contributed by atoms with van der Waals surface area (Å²) in [6.45, 7) is 0. The maximum atomic E-state index is 14.5. The van der Waals surface area contributed by atoms with E-state index in [1.54, 1.807) is 24.9 Å². The molecule has 0 saturated carbocycles. The lowest BCUT2D eigenvalue weighted by Crippen LogP contribution is -2.11. The smallest absolute Gasteiger partial charge is 0.133 e. The number of halogens is 1. The minimum absolute atomic E-state index is 0.247. The summed E-state index contributed by atoms with van der Waals surface area (Å²) in [6.07, 6.45) is 4.72. The van der Waals surface area contributed by atoms with E-state index in [0.717, 1.165) is 27.8 Å². The topological polar surface area (TPSA) is 51.2 Å². The molecule has 0 spiro atoms. The van der Waals surface area contributed by atoms with Gasteiger partial charge in [0, 0.05) is 22.9 Å². The molecule has 3 heterocycles. The van der Waals surface area contributed by atoms with Crippen molar-refractivity contribution >= 4 is 11.0 Å². The first-order valence-electron chi connectivity index (χ1n) is 8.18. The van der Waals surface area contributed by atoms with Crippen molar-refractivity contribution in [3.8, 4) is 11.3 Å². The zero-order chi connectivity index (χ0) is 17.0. The molecule has 124 valence electrons. The van der Waals surface area contributed by atoms with E-state index in [9.17, 15) is 9.50 Å². The lowest BCUT2D eigenvalue weighted by molar-refractivity contribution is 0.153. The number of nitrogens with zero attached hydrogens (tertiary/aromatic N) is 2. The summed E-state index contributed by atoms with van der Waals surface area (Å²) in [4.78, 5) is 4.18. The van der Waals surface area contributed by atoms with Crippen LogP contribution < -0.4 is 0 Å². The second-order valence-corrected chi connectivity index (χ2v) is 6.37. The van der Waals surface area contributed by atoms with E-state index in [2.05, 4.69) is 4.98 Å². The number of aliphatic hydroxyl groups excluding tert-OH is 1. The van der Waals surface area contributed by atoms with Crippen molar-refractivity contribution in [3.63, 3.8) is 0 Å². The second-order valence-electron chi connectivity index (χ2n) is 6.37. The Balaban J connectivity index is 1.53. The number of benzene rings is 2. The van der Waals surface area contributed by atoms with Gasteiger partial charge in [-0.05, 0) is 29.8 Å². The molecule has 25 heavy (non-hydrogen) atoms. The maximum Gasteiger partial charge on any atom is 0.133 e. The minimum atomic E-state index is -0.717. The number of hydrogen-bond acceptors (Lipinski definition) is 3. The number of hydrogen-bond donors (Lipinski definition) is 1. The quantitative estimate of drug-likeness (QED) is 0.602. The van der Waals surface area contributed by atoms with Crippen molar-refractivity contribution in [1.29, 1.82) is 0 Å². The van der Waals surface area contributed by atoms with Gasteiger partial charge in [0.15, 0.2) is 0 Å². The number of aliphatic hydroxyl groups is 1. The zero-order valence-corrected chi connectivity index (χ0v) is 13.3. The molecule has 4 nitrogen and oxygen atoms in total. The Morgan fingerprint density at radius 1 is 1.24 bits per heavy atom. The van der Waals surface area contributed by atoms with Gasteiger partial charge in [-0.25, -0.2) is 9.37 Å². The first-order chi connectivity index (χ1) is 12.2. The van der Waals surface area contributed by atoms with Gasteiger partial charge < -0.3 is 14.1 Å². The highest BCUT2D eigenvalue weighted by Gasteiger charge is 2.32. The van der Waals surface area contributed by atoms with Crippen LogP contribution in [0.3, 0.4) is 0 Å². The molecule has 0 radical (unpaired) electrons. The predicted octanol–water partition coefficient (Wildman–Crippen LogP) is 4.46. The van der Waals surface area contributed by atoms with Crippen molar-refractivity contribution in [2.75, 3.05) is 0 Å². The van der Waals surface area contributed by atoms with Crippen molar-refractivity contribution in [1.82, 2.24) is 9.55 Å². The summed E-state index contributed by atoms with van der Waals surface area (Å²) in [5.41, 5.74) is 3.94. The number of furan rings is 1. The molecular formula is C20H15FN2O2. The van der Waals surface area contributed by atoms with Crippen molar-refractivity contribution in [2.45, 2.75) is 18.6 Å². The lowest BCUT2D eigenvalue weighted by Gasteiger charge is -2.19. The Morgan fingerprint density at radius 2 is 2.16 bits per heavy atom. The van der Waals surface area contributed by atoms with E-state index >= 15 is 0 Å². The van der Waals surface area contributed by atoms with E-state index in [1.165, 1.54) is 6.07 Å². The van der Waals surface area contributed by atoms with Gasteiger partial charge in [-0.2, -0.15) is 0 Å². The molecule has 0 aliphatic carbocycles. The second kappa shape index (κ2) is 5.29. The van der Waals surface area contributed by atoms with Gasteiger partial charge in [-0.1, -0.05) is 18.2 Å². The lowest BCUT2D eigenvalue weighted by atomic mass is 9.95. The molecule has 2 aromatic carbocycles. The van der Waals surface area contributed by atoms with Gasteiger partial charge in [-0.3, -0.25) is 0 Å². The van der Waals surface area contributed by atoms with Crippen LogP contribution >= 0.6 is 0 Å². The molecule has 2 aromatic heterocycles. The molecule has 1 aliphatic heterocycles. The molecule has 1 aliphatic rings. The first-order valence-corrected chi connectivity index (χ1v) is 8.18. The largest absolute Gasteiger partial charge is 0.464 e. The number of rotatable bonds is 3. The molecule has 2 atom stereocenters. The zero-order valence-electron chi connectivity index (χ0n) is 13.3. The molecule has 0 saturated heterocycles. The summed E-state index contributed by atoms with van der Waals surface area (Å²) >= 11 is 0. The summed E-state index contributed by atoms with van der Waals surface area (Å²) in [7, 11) is 0. The summed E-state index contributed by atoms with van der Waals surface area (Å²) < 4.78 is 21.8. The van der Waals surface area contributed by atoms with Crippen LogP contribution in [-0.4, -0.2) is 14.7 Å². The van der Waals surface area contributed by atoms with Crippen molar-refractivity contribution < 1.29 is 13.9 Å². The van der Waals surface area contributed by atoms with Crippen LogP contribution in [0.5, 0.6) is 0 Å². The Kier molecular flexibility index (Phi) is 3.05. The van der Waals surface area contributed by atoms with E-state index in [1.807, 2.05) is 34.9 Å². The standard InChI is InChI=1S/C20H15FN2O2/c21-15-3-1-2-14-17-10-22-11-23(17)16(20(14)15)9-18(24)12-4-5-19-13(8-12)6-7-25-19/h1-8,10-11,16,18,24H,9H2. The van der Waals surface area contributed by atoms with E-state index in [-0.39, 0.29) is 11.9 Å². The van der Waals surface area contributed by atoms with Gasteiger partial charge in [0.25, 0.3) is 0 Å². The highest BCUT2D eigenvalue weighted by molar-refractivity contribution is 5.77. The highest BCUT2D eigenvalue weighted by atomic mass is 19.1. The van der Waals surface area contributed by atoms with E-state index in [4.69, 9.17) is 4.42 Å². The highest BCUT2D eigenvalue weighted by Crippen LogP contribution is 2.44. The third-order valence-corrected chi connectivity index (χ3v) is 4.97. The van der Waals surface area contributed by atoms with Gasteiger partial charge in [0.1, 0.15) is 11.4 Å². The molecule has 1 N–H and O–H groups in total. The summed E-state index contributed by atoms with van der Waals surface area (Å²) in [6, 6.07) is 12.3. The van der Waals surface area contributed by atoms with Gasteiger partial charge >= 0.3 is 0 Å². The average molecular weight is 334 g/mol. The Hall–Kier alpha value is -2.92. The van der Waals surface area contributed by atoms with Crippen LogP contribution in [0.1, 0.15) is 29.7 Å². The van der Waals surface area contributed by atoms with Gasteiger partial charge in [0.2, 0.25) is 0 Å². The van der Waals surface area contributed by atoms with Crippen molar-refractivity contribution in [3.05, 3.63) is 78.2 Å². The van der Waals surface area contributed by atoms with Crippen LogP contribution in [0.15, 0.2) is 65.7 Å². The van der Waals surface area contributed by atoms with E-state index in [0.29, 0.717) is 12.0 Å². The van der Waals surface area contributed by atoms with Crippen LogP contribution in [-0.2, 0) is 0 Å². The number of fused-ring (bicyclic) bond motifs is 4. The molecule has 5 rings (SSSR count). The summed E-state index contributed by atoms with van der Waals surface area (Å²) in [5.74, 6) is -0.247. The van der Waals surface area contributed by atoms with Crippen molar-refractivity contribution in [2.24, 2.45) is 0 Å². The molecule has 2 unspecified atom stereocenters. The van der Waals surface area contributed by atoms with Crippen LogP contribution in [0.2, 0.25) is 0 Å². The summed E-state index contributed by atoms with van der Waals surface area (Å²) in [5, 5.41) is 11.7. The van der Waals surface area contributed by atoms with Gasteiger partial charge in [0.05, 0.1) is 36.6 Å². The SMILES string of the molecule is OC(CC1c2c(F)cccc2-c2cncn21)c1ccc2occc2c1. The molecule has 0 fully saturated rings. The van der Waals surface area contributed by atoms with Gasteiger partial charge in [-0.15, -0.1) is 0 Å². The average Bonchev–Trinajstić information content (AvgIpc) is 3.32. The third kappa shape index (κ3) is 2.13. The predicted molar refractivity (Wildman–Crippen MR) is 91.6 cm³/mol. The molecule has 0 bridgehead atoms. The Bertz CT molecular complexity index is 1080. The monoisotopic (exact) mass is 334 g/mol. The fraction of sp³-hybridized carbons (Fsp3) is 0.150. The number of aromatic nitrogens is 2. The maximum absolute atomic E-state index is 14.5. The van der Waals surface area contributed by atoms with Crippen LogP contribution in [0.4, 0.5) is 4.39 Å². The molecule has 5 heteroatoms. The normalized spacial score (nSPS) is 16.8. The Morgan fingerprint density at radius 3 is 3.08 bits per heavy atom. The van der Waals surface area contributed by atoms with Crippen LogP contribution in [0.25, 0.3) is 22.2 Å². The van der Waals surface area contributed by atoms with E-state index < -0.39 is 6.10 Å². The fourth-order valence-electron chi connectivity index (χ4n) is 3.77. The number of imidazole rings is 1. The molecular weight excluding hydrogens is 319 g/mol. The fourth-order valence-corrected chi connectivity index (χ4v) is 3.77. The third-order valence-electron chi connectivity index (χ3n) is 4.97. The Labute approximate surface area is 143 Å². The molecule has 0 amide bonds. The molecule has 4 aromatic rings. The first kappa shape index (κ1) is 14.4. The van der Waals surface area contributed by atoms with Crippen LogP contribution in [0, 0.1) is 5.82 Å². The minimum Gasteiger partial charge on any atom is -0.464 e.